The van der Waals surface area contributed by atoms with Crippen LogP contribution in [0.4, 0.5) is 27.8 Å². The molecule has 3 N–H and O–H groups in total. The van der Waals surface area contributed by atoms with Crippen LogP contribution in [-0.4, -0.2) is 29.6 Å². The fourth-order valence-corrected chi connectivity index (χ4v) is 5.74. The van der Waals surface area contributed by atoms with E-state index in [1.165, 1.54) is 36.5 Å². The van der Waals surface area contributed by atoms with E-state index in [0.717, 1.165) is 0 Å². The number of nitrogen functional groups attached to an aromatic ring is 1. The number of halogens is 5. The first kappa shape index (κ1) is 26.3. The van der Waals surface area contributed by atoms with E-state index in [4.69, 9.17) is 5.73 Å². The van der Waals surface area contributed by atoms with Crippen LogP contribution in [0.1, 0.15) is 50.9 Å². The quantitative estimate of drug-likeness (QED) is 0.382. The van der Waals surface area contributed by atoms with Crippen molar-refractivity contribution in [3.8, 4) is 11.1 Å². The fourth-order valence-electron chi connectivity index (χ4n) is 4.20. The molecule has 4 rings (SSSR count). The summed E-state index contributed by atoms with van der Waals surface area (Å²) in [4.78, 5) is 3.47. The first-order valence-electron chi connectivity index (χ1n) is 11.3. The SMILES string of the molecule is CC(C)(C)Cn1cc(C(NS(=O)(=O)C2CC2)C(F)F)c2ccc(-c3ccc(N)nc3C(F)(F)F)cc21. The van der Waals surface area contributed by atoms with Gasteiger partial charge >= 0.3 is 6.18 Å². The second kappa shape index (κ2) is 8.98. The molecule has 1 aromatic carbocycles. The molecule has 12 heteroatoms. The highest BCUT2D eigenvalue weighted by atomic mass is 32.2. The Morgan fingerprint density at radius 2 is 1.81 bits per heavy atom. The van der Waals surface area contributed by atoms with Gasteiger partial charge in [0, 0.05) is 34.8 Å². The number of nitrogens with one attached hydrogen (secondary N) is 1. The maximum Gasteiger partial charge on any atom is 0.434 e. The summed E-state index contributed by atoms with van der Waals surface area (Å²) in [6.07, 6.45) is -5.52. The maximum atomic E-state index is 14.2. The topological polar surface area (TPSA) is 90.0 Å². The summed E-state index contributed by atoms with van der Waals surface area (Å²) in [6.45, 7) is 6.13. The van der Waals surface area contributed by atoms with Crippen molar-refractivity contribution in [1.29, 1.82) is 0 Å². The Kier molecular flexibility index (Phi) is 6.57. The van der Waals surface area contributed by atoms with Crippen LogP contribution in [0.2, 0.25) is 0 Å². The van der Waals surface area contributed by atoms with Gasteiger partial charge in [0.1, 0.15) is 11.9 Å². The molecule has 1 atom stereocenters. The number of benzene rings is 1. The molecule has 196 valence electrons. The van der Waals surface area contributed by atoms with Gasteiger partial charge in [-0.3, -0.25) is 0 Å². The fraction of sp³-hybridized carbons (Fsp3) is 0.458. The first-order chi connectivity index (χ1) is 16.6. The van der Waals surface area contributed by atoms with Crippen molar-refractivity contribution < 1.29 is 30.4 Å². The molecule has 1 aliphatic rings. The molecule has 1 aliphatic carbocycles. The van der Waals surface area contributed by atoms with E-state index in [1.54, 1.807) is 4.57 Å². The third-order valence-corrected chi connectivity index (χ3v) is 7.83. The summed E-state index contributed by atoms with van der Waals surface area (Å²) in [6, 6.07) is 4.98. The summed E-state index contributed by atoms with van der Waals surface area (Å²) >= 11 is 0. The van der Waals surface area contributed by atoms with Crippen LogP contribution in [0, 0.1) is 5.41 Å². The smallest absolute Gasteiger partial charge is 0.384 e. The number of hydrogen-bond donors (Lipinski definition) is 2. The number of nitrogens with zero attached hydrogens (tertiary/aromatic N) is 2. The zero-order valence-electron chi connectivity index (χ0n) is 19.9. The van der Waals surface area contributed by atoms with Crippen LogP contribution in [0.15, 0.2) is 36.5 Å². The Labute approximate surface area is 205 Å². The number of fused-ring (bicyclic) bond motifs is 1. The van der Waals surface area contributed by atoms with Gasteiger partial charge in [-0.25, -0.2) is 26.9 Å². The van der Waals surface area contributed by atoms with Crippen LogP contribution >= 0.6 is 0 Å². The lowest BCUT2D eigenvalue weighted by molar-refractivity contribution is -0.140. The molecular weight excluding hydrogens is 503 g/mol. The molecule has 1 unspecified atom stereocenters. The monoisotopic (exact) mass is 530 g/mol. The molecule has 6 nitrogen and oxygen atoms in total. The van der Waals surface area contributed by atoms with Gasteiger partial charge in [0.05, 0.1) is 5.25 Å². The average molecular weight is 531 g/mol. The highest BCUT2D eigenvalue weighted by Crippen LogP contribution is 2.40. The van der Waals surface area contributed by atoms with Gasteiger partial charge < -0.3 is 10.3 Å². The summed E-state index contributed by atoms with van der Waals surface area (Å²) < 4.78 is 98.2. The van der Waals surface area contributed by atoms with Crippen LogP contribution in [0.3, 0.4) is 0 Å². The third kappa shape index (κ3) is 5.49. The van der Waals surface area contributed by atoms with Crippen molar-refractivity contribution in [2.24, 2.45) is 5.41 Å². The summed E-state index contributed by atoms with van der Waals surface area (Å²) in [5, 5.41) is -0.365. The molecular formula is C24H27F5N4O2S. The standard InChI is InChI=1S/C24H27F5N4O2S/c1-23(2,3)12-33-11-17(20(22(25)26)32-36(34,35)14-5-6-14)16-7-4-13(10-18(16)33)15-8-9-19(30)31-21(15)24(27,28)29/h4,7-11,14,20,22,32H,5-6,12H2,1-3H3,(H2,30,31). The van der Waals surface area contributed by atoms with Crippen molar-refractivity contribution >= 4 is 26.7 Å². The lowest BCUT2D eigenvalue weighted by Gasteiger charge is -2.20. The Bertz CT molecular complexity index is 1390. The van der Waals surface area contributed by atoms with Gasteiger partial charge in [0.2, 0.25) is 10.0 Å². The summed E-state index contributed by atoms with van der Waals surface area (Å²) in [5.41, 5.74) is 4.45. The first-order valence-corrected chi connectivity index (χ1v) is 12.9. The minimum absolute atomic E-state index is 0.0616. The maximum absolute atomic E-state index is 14.2. The molecule has 2 heterocycles. The number of aromatic nitrogens is 2. The Morgan fingerprint density at radius 1 is 1.14 bits per heavy atom. The molecule has 3 aromatic rings. The second-order valence-electron chi connectivity index (χ2n) is 10.3. The molecule has 0 amide bonds. The lowest BCUT2D eigenvalue weighted by atomic mass is 9.96. The summed E-state index contributed by atoms with van der Waals surface area (Å²) in [5.74, 6) is -0.284. The Morgan fingerprint density at radius 3 is 2.36 bits per heavy atom. The number of nitrogens with two attached hydrogens (primary N) is 1. The Balaban J connectivity index is 1.89. The molecule has 0 saturated heterocycles. The van der Waals surface area contributed by atoms with E-state index in [1.807, 2.05) is 20.8 Å². The van der Waals surface area contributed by atoms with E-state index in [0.29, 0.717) is 30.3 Å². The minimum atomic E-state index is -4.76. The number of sulfonamides is 1. The van der Waals surface area contributed by atoms with E-state index in [9.17, 15) is 30.4 Å². The van der Waals surface area contributed by atoms with Crippen molar-refractivity contribution in [3.05, 3.63) is 47.8 Å². The largest absolute Gasteiger partial charge is 0.434 e. The predicted molar refractivity (Wildman–Crippen MR) is 128 cm³/mol. The molecule has 2 aromatic heterocycles. The van der Waals surface area contributed by atoms with E-state index in [2.05, 4.69) is 9.71 Å². The van der Waals surface area contributed by atoms with Crippen molar-refractivity contribution in [2.45, 2.75) is 64.1 Å². The number of alkyl halides is 5. The van der Waals surface area contributed by atoms with Gasteiger partial charge in [-0.1, -0.05) is 32.9 Å². The molecule has 1 fully saturated rings. The van der Waals surface area contributed by atoms with Gasteiger partial charge in [-0.2, -0.15) is 13.2 Å². The van der Waals surface area contributed by atoms with Crippen LogP contribution in [-0.2, 0) is 22.7 Å². The van der Waals surface area contributed by atoms with Crippen molar-refractivity contribution in [2.75, 3.05) is 5.73 Å². The number of rotatable bonds is 7. The van der Waals surface area contributed by atoms with E-state index in [-0.39, 0.29) is 27.9 Å². The van der Waals surface area contributed by atoms with Gasteiger partial charge in [-0.15, -0.1) is 0 Å². The molecule has 0 aliphatic heterocycles. The van der Waals surface area contributed by atoms with Crippen LogP contribution in [0.25, 0.3) is 22.0 Å². The molecule has 0 bridgehead atoms. The zero-order chi connectivity index (χ0) is 26.6. The Hall–Kier alpha value is -2.73. The average Bonchev–Trinajstić information content (AvgIpc) is 3.55. The molecule has 1 saturated carbocycles. The van der Waals surface area contributed by atoms with Gasteiger partial charge in [-0.05, 0) is 42.0 Å². The number of anilines is 1. The minimum Gasteiger partial charge on any atom is -0.384 e. The van der Waals surface area contributed by atoms with Crippen molar-refractivity contribution in [1.82, 2.24) is 14.3 Å². The van der Waals surface area contributed by atoms with E-state index < -0.39 is 39.6 Å². The van der Waals surface area contributed by atoms with Crippen molar-refractivity contribution in [3.63, 3.8) is 0 Å². The number of hydrogen-bond acceptors (Lipinski definition) is 4. The lowest BCUT2D eigenvalue weighted by Crippen LogP contribution is -2.35. The van der Waals surface area contributed by atoms with Gasteiger partial charge in [0.25, 0.3) is 6.43 Å². The predicted octanol–water partition coefficient (Wildman–Crippen LogP) is 5.74. The summed E-state index contributed by atoms with van der Waals surface area (Å²) in [7, 11) is -3.94. The highest BCUT2D eigenvalue weighted by molar-refractivity contribution is 7.90. The van der Waals surface area contributed by atoms with Gasteiger partial charge in [0.15, 0.2) is 5.69 Å². The molecule has 0 radical (unpaired) electrons. The third-order valence-electron chi connectivity index (χ3n) is 5.90. The highest BCUT2D eigenvalue weighted by Gasteiger charge is 2.40. The van der Waals surface area contributed by atoms with E-state index >= 15 is 0 Å². The number of pyridine rings is 1. The molecule has 36 heavy (non-hydrogen) atoms. The van der Waals surface area contributed by atoms with Crippen LogP contribution in [0.5, 0.6) is 0 Å². The normalized spacial score (nSPS) is 16.1. The molecule has 0 spiro atoms. The zero-order valence-corrected chi connectivity index (χ0v) is 20.7. The second-order valence-corrected chi connectivity index (χ2v) is 12.3. The van der Waals surface area contributed by atoms with Crippen LogP contribution < -0.4 is 10.5 Å².